The van der Waals surface area contributed by atoms with E-state index in [4.69, 9.17) is 27.9 Å². The molecule has 0 atom stereocenters. The first-order chi connectivity index (χ1) is 15.5. The summed E-state index contributed by atoms with van der Waals surface area (Å²) in [5, 5.41) is 5.96. The third kappa shape index (κ3) is 4.37. The average Bonchev–Trinajstić information content (AvgIpc) is 3.01. The molecule has 2 amide bonds. The Balaban J connectivity index is 1.77. The molecule has 0 bridgehead atoms. The fourth-order valence-corrected chi connectivity index (χ4v) is 4.28. The average molecular weight is 469 g/mol. The molecule has 0 radical (unpaired) electrons. The van der Waals surface area contributed by atoms with Crippen molar-refractivity contribution < 1.29 is 14.3 Å². The lowest BCUT2D eigenvalue weighted by Crippen LogP contribution is -2.34. The van der Waals surface area contributed by atoms with E-state index < -0.39 is 5.91 Å². The van der Waals surface area contributed by atoms with E-state index in [1.807, 2.05) is 49.4 Å². The Morgan fingerprint density at radius 1 is 0.969 bits per heavy atom. The number of benzene rings is 3. The van der Waals surface area contributed by atoms with Crippen molar-refractivity contribution in [2.45, 2.75) is 13.3 Å². The number of amides is 2. The van der Waals surface area contributed by atoms with Gasteiger partial charge in [0.15, 0.2) is 0 Å². The van der Waals surface area contributed by atoms with Crippen molar-refractivity contribution in [3.05, 3.63) is 82.0 Å². The highest BCUT2D eigenvalue weighted by Crippen LogP contribution is 2.36. The smallest absolute Gasteiger partial charge is 0.278 e. The molecule has 0 aliphatic carbocycles. The van der Waals surface area contributed by atoms with Crippen molar-refractivity contribution in [1.82, 2.24) is 4.90 Å². The van der Waals surface area contributed by atoms with Crippen LogP contribution in [0.1, 0.15) is 18.9 Å². The van der Waals surface area contributed by atoms with Gasteiger partial charge in [-0.2, -0.15) is 0 Å². The van der Waals surface area contributed by atoms with E-state index in [2.05, 4.69) is 5.32 Å². The normalized spacial score (nSPS) is 14.0. The Morgan fingerprint density at radius 3 is 2.53 bits per heavy atom. The van der Waals surface area contributed by atoms with Gasteiger partial charge in [-0.1, -0.05) is 65.7 Å². The van der Waals surface area contributed by atoms with Crippen LogP contribution in [0.15, 0.2) is 66.4 Å². The molecule has 164 valence electrons. The molecule has 5 nitrogen and oxygen atoms in total. The molecule has 3 aromatic carbocycles. The van der Waals surface area contributed by atoms with Crippen LogP contribution < -0.4 is 5.32 Å². The molecule has 3 aromatic rings. The molecule has 0 saturated carbocycles. The van der Waals surface area contributed by atoms with E-state index in [-0.39, 0.29) is 23.7 Å². The zero-order valence-electron chi connectivity index (χ0n) is 17.5. The number of ether oxygens (including phenoxy) is 1. The zero-order chi connectivity index (χ0) is 22.7. The first-order valence-corrected chi connectivity index (χ1v) is 11.1. The number of halogens is 2. The second-order valence-corrected chi connectivity index (χ2v) is 8.18. The molecule has 1 aliphatic rings. The molecule has 4 rings (SSSR count). The van der Waals surface area contributed by atoms with E-state index in [0.29, 0.717) is 35.2 Å². The van der Waals surface area contributed by atoms with Gasteiger partial charge in [0.25, 0.3) is 11.8 Å². The van der Waals surface area contributed by atoms with Gasteiger partial charge in [0, 0.05) is 41.4 Å². The number of nitrogens with zero attached hydrogens (tertiary/aromatic N) is 1. The van der Waals surface area contributed by atoms with Crippen molar-refractivity contribution in [1.29, 1.82) is 0 Å². The number of hydrogen-bond acceptors (Lipinski definition) is 4. The number of carbonyl (C=O) groups is 2. The summed E-state index contributed by atoms with van der Waals surface area (Å²) in [5.74, 6) is -0.779. The SMILES string of the molecule is CCOCCCN1C(=O)C(Nc2cccc3ccccc23)=C(c2ccc(Cl)cc2Cl)C1=O. The second kappa shape index (κ2) is 9.74. The van der Waals surface area contributed by atoms with Gasteiger partial charge in [-0.25, -0.2) is 0 Å². The summed E-state index contributed by atoms with van der Waals surface area (Å²) < 4.78 is 5.36. The zero-order valence-corrected chi connectivity index (χ0v) is 19.0. The molecule has 1 aliphatic heterocycles. The van der Waals surface area contributed by atoms with Gasteiger partial charge in [0.1, 0.15) is 5.70 Å². The first kappa shape index (κ1) is 22.3. The summed E-state index contributed by atoms with van der Waals surface area (Å²) in [5.41, 5.74) is 1.63. The predicted molar refractivity (Wildman–Crippen MR) is 129 cm³/mol. The van der Waals surface area contributed by atoms with Crippen molar-refractivity contribution in [2.24, 2.45) is 0 Å². The quantitative estimate of drug-likeness (QED) is 0.337. The van der Waals surface area contributed by atoms with Crippen molar-refractivity contribution in [3.8, 4) is 0 Å². The molecule has 32 heavy (non-hydrogen) atoms. The molecule has 7 heteroatoms. The van der Waals surface area contributed by atoms with Crippen LogP contribution in [0.5, 0.6) is 0 Å². The van der Waals surface area contributed by atoms with Gasteiger partial charge >= 0.3 is 0 Å². The van der Waals surface area contributed by atoms with Crippen LogP contribution in [-0.4, -0.2) is 36.5 Å². The number of imide groups is 1. The maximum absolute atomic E-state index is 13.4. The van der Waals surface area contributed by atoms with Gasteiger partial charge < -0.3 is 10.1 Å². The fraction of sp³-hybridized carbons (Fsp3) is 0.200. The van der Waals surface area contributed by atoms with Gasteiger partial charge in [-0.05, 0) is 36.9 Å². The van der Waals surface area contributed by atoms with Gasteiger partial charge in [0.05, 0.1) is 10.6 Å². The monoisotopic (exact) mass is 468 g/mol. The maximum Gasteiger partial charge on any atom is 0.278 e. The highest BCUT2D eigenvalue weighted by Gasteiger charge is 2.39. The van der Waals surface area contributed by atoms with E-state index in [9.17, 15) is 9.59 Å². The van der Waals surface area contributed by atoms with Gasteiger partial charge in [0.2, 0.25) is 0 Å². The van der Waals surface area contributed by atoms with Crippen LogP contribution in [0.4, 0.5) is 5.69 Å². The lowest BCUT2D eigenvalue weighted by molar-refractivity contribution is -0.137. The largest absolute Gasteiger partial charge is 0.382 e. The van der Waals surface area contributed by atoms with Gasteiger partial charge in [-0.3, -0.25) is 14.5 Å². The molecule has 1 N–H and O–H groups in total. The van der Waals surface area contributed by atoms with Crippen LogP contribution in [-0.2, 0) is 14.3 Å². The highest BCUT2D eigenvalue weighted by atomic mass is 35.5. The minimum atomic E-state index is -0.390. The summed E-state index contributed by atoms with van der Waals surface area (Å²) >= 11 is 12.5. The first-order valence-electron chi connectivity index (χ1n) is 10.4. The van der Waals surface area contributed by atoms with Crippen LogP contribution in [0.25, 0.3) is 16.3 Å². The highest BCUT2D eigenvalue weighted by molar-refractivity contribution is 6.41. The molecular formula is C25H22Cl2N2O3. The molecular weight excluding hydrogens is 447 g/mol. The third-order valence-corrected chi connectivity index (χ3v) is 5.84. The summed E-state index contributed by atoms with van der Waals surface area (Å²) in [6, 6.07) is 18.5. The second-order valence-electron chi connectivity index (χ2n) is 7.34. The standard InChI is InChI=1S/C25H22Cl2N2O3/c1-2-32-14-6-13-29-24(30)22(19-12-11-17(26)15-20(19)27)23(25(29)31)28-21-10-5-8-16-7-3-4-9-18(16)21/h3-5,7-12,15,28H,2,6,13-14H2,1H3. The molecule has 0 fully saturated rings. The Labute approximate surface area is 196 Å². The summed E-state index contributed by atoms with van der Waals surface area (Å²) in [4.78, 5) is 28.0. The maximum atomic E-state index is 13.4. The van der Waals surface area contributed by atoms with Crippen LogP contribution in [0.2, 0.25) is 10.0 Å². The number of hydrogen-bond donors (Lipinski definition) is 1. The molecule has 0 unspecified atom stereocenters. The minimum absolute atomic E-state index is 0.201. The van der Waals surface area contributed by atoms with Crippen LogP contribution in [0, 0.1) is 0 Å². The third-order valence-electron chi connectivity index (χ3n) is 5.29. The minimum Gasteiger partial charge on any atom is -0.382 e. The Hall–Kier alpha value is -2.86. The summed E-state index contributed by atoms with van der Waals surface area (Å²) in [6.45, 7) is 3.21. The lowest BCUT2D eigenvalue weighted by atomic mass is 10.0. The van der Waals surface area contributed by atoms with E-state index >= 15 is 0 Å². The van der Waals surface area contributed by atoms with E-state index in [1.165, 1.54) is 4.90 Å². The summed E-state index contributed by atoms with van der Waals surface area (Å²) in [7, 11) is 0. The molecule has 0 aromatic heterocycles. The van der Waals surface area contributed by atoms with Crippen LogP contribution in [0.3, 0.4) is 0 Å². The molecule has 1 heterocycles. The number of nitrogens with one attached hydrogen (secondary N) is 1. The lowest BCUT2D eigenvalue weighted by Gasteiger charge is -2.15. The molecule has 0 spiro atoms. The number of rotatable bonds is 8. The van der Waals surface area contributed by atoms with Gasteiger partial charge in [-0.15, -0.1) is 0 Å². The Bertz CT molecular complexity index is 1220. The fourth-order valence-electron chi connectivity index (χ4n) is 3.78. The number of fused-ring (bicyclic) bond motifs is 1. The van der Waals surface area contributed by atoms with E-state index in [1.54, 1.807) is 18.2 Å². The van der Waals surface area contributed by atoms with Crippen molar-refractivity contribution >= 4 is 57.0 Å². The van der Waals surface area contributed by atoms with E-state index in [0.717, 1.165) is 16.5 Å². The predicted octanol–water partition coefficient (Wildman–Crippen LogP) is 5.77. The Kier molecular flexibility index (Phi) is 6.80. The van der Waals surface area contributed by atoms with Crippen LogP contribution >= 0.6 is 23.2 Å². The van der Waals surface area contributed by atoms with Crippen molar-refractivity contribution in [2.75, 3.05) is 25.1 Å². The van der Waals surface area contributed by atoms with Crippen molar-refractivity contribution in [3.63, 3.8) is 0 Å². The summed E-state index contributed by atoms with van der Waals surface area (Å²) in [6.07, 6.45) is 0.550. The topological polar surface area (TPSA) is 58.6 Å². The Morgan fingerprint density at radius 2 is 1.75 bits per heavy atom. The number of anilines is 1. The number of carbonyl (C=O) groups excluding carboxylic acids is 2. The molecule has 0 saturated heterocycles.